The zero-order chi connectivity index (χ0) is 25.3. The monoisotopic (exact) mass is 488 g/mol. The number of hydrogen-bond donors (Lipinski definition) is 1. The van der Waals surface area contributed by atoms with Crippen molar-refractivity contribution in [1.29, 1.82) is 5.26 Å². The third kappa shape index (κ3) is 6.24. The standard InChI is InChI=1S/C32H32N4O/c33-25-32(29-9-5-2-6-10-29)17-20-36(21-18-32)22-19-34-24-30-23-31(35-37-30)28-15-13-27(14-16-28)12-11-26-7-3-1-4-8-26/h1-16,23,34H,17-22,24H2. The molecule has 2 heterocycles. The molecule has 0 amide bonds. The lowest BCUT2D eigenvalue weighted by Crippen LogP contribution is -2.44. The molecule has 0 spiro atoms. The Bertz CT molecular complexity index is 1330. The molecule has 5 heteroatoms. The first-order valence-corrected chi connectivity index (χ1v) is 12.9. The predicted octanol–water partition coefficient (Wildman–Crippen LogP) is 6.16. The Morgan fingerprint density at radius 1 is 0.892 bits per heavy atom. The average Bonchev–Trinajstić information content (AvgIpc) is 3.45. The summed E-state index contributed by atoms with van der Waals surface area (Å²) in [7, 11) is 0. The van der Waals surface area contributed by atoms with Crippen LogP contribution in [0.2, 0.25) is 0 Å². The molecule has 0 saturated carbocycles. The molecule has 4 aromatic rings. The van der Waals surface area contributed by atoms with Crippen molar-refractivity contribution < 1.29 is 4.52 Å². The fourth-order valence-corrected chi connectivity index (χ4v) is 4.88. The summed E-state index contributed by atoms with van der Waals surface area (Å²) in [5, 5.41) is 17.6. The van der Waals surface area contributed by atoms with Gasteiger partial charge in [-0.15, -0.1) is 0 Å². The Kier molecular flexibility index (Phi) is 7.90. The number of likely N-dealkylation sites (tertiary alicyclic amines) is 1. The van der Waals surface area contributed by atoms with Crippen molar-refractivity contribution in [3.05, 3.63) is 113 Å². The number of nitrogens with one attached hydrogen (secondary N) is 1. The van der Waals surface area contributed by atoms with Crippen molar-refractivity contribution in [2.45, 2.75) is 24.8 Å². The van der Waals surface area contributed by atoms with Crippen LogP contribution in [0.1, 0.15) is 35.3 Å². The van der Waals surface area contributed by atoms with Gasteiger partial charge in [0, 0.05) is 37.8 Å². The van der Waals surface area contributed by atoms with Crippen molar-refractivity contribution in [1.82, 2.24) is 15.4 Å². The normalized spacial score (nSPS) is 15.5. The van der Waals surface area contributed by atoms with E-state index in [1.54, 1.807) is 0 Å². The lowest BCUT2D eigenvalue weighted by Gasteiger charge is -2.37. The zero-order valence-corrected chi connectivity index (χ0v) is 21.0. The molecule has 0 aliphatic carbocycles. The summed E-state index contributed by atoms with van der Waals surface area (Å²) in [6.07, 6.45) is 5.98. The van der Waals surface area contributed by atoms with Gasteiger partial charge in [0.1, 0.15) is 5.69 Å². The first-order chi connectivity index (χ1) is 18.2. The number of nitriles is 1. The highest BCUT2D eigenvalue weighted by atomic mass is 16.5. The van der Waals surface area contributed by atoms with E-state index in [9.17, 15) is 5.26 Å². The van der Waals surface area contributed by atoms with Crippen LogP contribution in [0.25, 0.3) is 23.4 Å². The fourth-order valence-electron chi connectivity index (χ4n) is 4.88. The van der Waals surface area contributed by atoms with Gasteiger partial charge in [-0.3, -0.25) is 0 Å². The van der Waals surface area contributed by atoms with Gasteiger partial charge in [-0.1, -0.05) is 102 Å². The quantitative estimate of drug-likeness (QED) is 0.226. The van der Waals surface area contributed by atoms with E-state index in [4.69, 9.17) is 4.52 Å². The number of hydrogen-bond acceptors (Lipinski definition) is 5. The molecule has 1 saturated heterocycles. The number of piperidine rings is 1. The average molecular weight is 489 g/mol. The van der Waals surface area contributed by atoms with Gasteiger partial charge in [0.05, 0.1) is 18.0 Å². The van der Waals surface area contributed by atoms with Gasteiger partial charge in [0.15, 0.2) is 5.76 Å². The smallest absolute Gasteiger partial charge is 0.151 e. The lowest BCUT2D eigenvalue weighted by atomic mass is 9.74. The molecule has 1 aromatic heterocycles. The van der Waals surface area contributed by atoms with Crippen LogP contribution in [0, 0.1) is 11.3 Å². The van der Waals surface area contributed by atoms with Crippen LogP contribution in [0.4, 0.5) is 0 Å². The van der Waals surface area contributed by atoms with E-state index in [1.807, 2.05) is 42.5 Å². The van der Waals surface area contributed by atoms with Gasteiger partial charge in [0.25, 0.3) is 0 Å². The van der Waals surface area contributed by atoms with E-state index in [-0.39, 0.29) is 5.41 Å². The highest BCUT2D eigenvalue weighted by molar-refractivity contribution is 5.71. The van der Waals surface area contributed by atoms with Crippen LogP contribution >= 0.6 is 0 Å². The number of rotatable bonds is 9. The molecule has 3 aromatic carbocycles. The molecular weight excluding hydrogens is 456 g/mol. The molecule has 0 atom stereocenters. The van der Waals surface area contributed by atoms with Crippen molar-refractivity contribution in [3.8, 4) is 17.3 Å². The summed E-state index contributed by atoms with van der Waals surface area (Å²) in [5.41, 5.74) is 5.02. The Hall–Kier alpha value is -3.98. The van der Waals surface area contributed by atoms with Gasteiger partial charge >= 0.3 is 0 Å². The highest BCUT2D eigenvalue weighted by Gasteiger charge is 2.36. The fraction of sp³-hybridized carbons (Fsp3) is 0.250. The summed E-state index contributed by atoms with van der Waals surface area (Å²) in [6, 6.07) is 33.5. The molecule has 1 aliphatic heterocycles. The summed E-state index contributed by atoms with van der Waals surface area (Å²) >= 11 is 0. The van der Waals surface area contributed by atoms with Crippen molar-refractivity contribution in [2.24, 2.45) is 0 Å². The predicted molar refractivity (Wildman–Crippen MR) is 148 cm³/mol. The van der Waals surface area contributed by atoms with Crippen molar-refractivity contribution in [3.63, 3.8) is 0 Å². The van der Waals surface area contributed by atoms with E-state index in [0.717, 1.165) is 67.2 Å². The lowest BCUT2D eigenvalue weighted by molar-refractivity contribution is 0.186. The van der Waals surface area contributed by atoms with Crippen LogP contribution in [0.15, 0.2) is 95.5 Å². The first-order valence-electron chi connectivity index (χ1n) is 12.9. The molecule has 0 radical (unpaired) electrons. The second-order valence-corrected chi connectivity index (χ2v) is 9.62. The number of nitrogens with zero attached hydrogens (tertiary/aromatic N) is 3. The van der Waals surface area contributed by atoms with Crippen LogP contribution in [-0.4, -0.2) is 36.2 Å². The maximum absolute atomic E-state index is 9.89. The molecule has 5 rings (SSSR count). The largest absolute Gasteiger partial charge is 0.359 e. The minimum absolute atomic E-state index is 0.349. The van der Waals surface area contributed by atoms with Crippen LogP contribution in [-0.2, 0) is 12.0 Å². The molecule has 1 N–H and O–H groups in total. The van der Waals surface area contributed by atoms with E-state index in [1.165, 1.54) is 5.56 Å². The topological polar surface area (TPSA) is 65.1 Å². The SMILES string of the molecule is N#CC1(c2ccccc2)CCN(CCNCc2cc(-c3ccc(C=Cc4ccccc4)cc3)no2)CC1. The van der Waals surface area contributed by atoms with E-state index in [2.05, 4.69) is 82.1 Å². The minimum Gasteiger partial charge on any atom is -0.359 e. The zero-order valence-electron chi connectivity index (χ0n) is 21.0. The van der Waals surface area contributed by atoms with Gasteiger partial charge in [0.2, 0.25) is 0 Å². The second kappa shape index (κ2) is 11.8. The summed E-state index contributed by atoms with van der Waals surface area (Å²) in [6.45, 7) is 4.34. The van der Waals surface area contributed by atoms with Gasteiger partial charge < -0.3 is 14.7 Å². The van der Waals surface area contributed by atoms with Crippen LogP contribution in [0.3, 0.4) is 0 Å². The Balaban J connectivity index is 1.06. The van der Waals surface area contributed by atoms with E-state index >= 15 is 0 Å². The van der Waals surface area contributed by atoms with E-state index < -0.39 is 0 Å². The van der Waals surface area contributed by atoms with Crippen molar-refractivity contribution >= 4 is 12.2 Å². The van der Waals surface area contributed by atoms with Crippen molar-refractivity contribution in [2.75, 3.05) is 26.2 Å². The third-order valence-electron chi connectivity index (χ3n) is 7.19. The molecule has 37 heavy (non-hydrogen) atoms. The molecule has 1 aliphatic rings. The number of aromatic nitrogens is 1. The molecular formula is C32H32N4O. The molecule has 0 unspecified atom stereocenters. The first kappa shape index (κ1) is 24.7. The number of benzene rings is 3. The Morgan fingerprint density at radius 2 is 1.54 bits per heavy atom. The summed E-state index contributed by atoms with van der Waals surface area (Å²) in [4.78, 5) is 2.44. The third-order valence-corrected chi connectivity index (χ3v) is 7.19. The Labute approximate surface area is 219 Å². The van der Waals surface area contributed by atoms with Crippen LogP contribution < -0.4 is 5.32 Å². The van der Waals surface area contributed by atoms with Gasteiger partial charge in [-0.25, -0.2) is 0 Å². The second-order valence-electron chi connectivity index (χ2n) is 9.62. The van der Waals surface area contributed by atoms with Crippen LogP contribution in [0.5, 0.6) is 0 Å². The Morgan fingerprint density at radius 3 is 2.22 bits per heavy atom. The maximum atomic E-state index is 9.89. The molecule has 0 bridgehead atoms. The van der Waals surface area contributed by atoms with Gasteiger partial charge in [-0.05, 0) is 29.5 Å². The molecule has 186 valence electrons. The maximum Gasteiger partial charge on any atom is 0.151 e. The van der Waals surface area contributed by atoms with Gasteiger partial charge in [-0.2, -0.15) is 5.26 Å². The summed E-state index contributed by atoms with van der Waals surface area (Å²) < 4.78 is 5.56. The molecule has 1 fully saturated rings. The van der Waals surface area contributed by atoms with E-state index in [0.29, 0.717) is 6.54 Å². The summed E-state index contributed by atoms with van der Waals surface area (Å²) in [5.74, 6) is 0.828. The minimum atomic E-state index is -0.349. The highest BCUT2D eigenvalue weighted by Crippen LogP contribution is 2.34. The molecule has 5 nitrogen and oxygen atoms in total.